The van der Waals surface area contributed by atoms with Gasteiger partial charge in [-0.15, -0.1) is 0 Å². The Hall–Kier alpha value is -2.48. The van der Waals surface area contributed by atoms with E-state index in [0.29, 0.717) is 26.3 Å². The molecule has 0 aromatic carbocycles. The largest absolute Gasteiger partial charge is 0.444 e. The number of carbonyl (C=O) groups excluding carboxylic acids is 1. The maximum absolute atomic E-state index is 12.3. The van der Waals surface area contributed by atoms with Crippen molar-refractivity contribution in [1.82, 2.24) is 14.6 Å². The smallest absolute Gasteiger partial charge is 0.410 e. The fourth-order valence-corrected chi connectivity index (χ4v) is 4.11. The summed E-state index contributed by atoms with van der Waals surface area (Å²) >= 11 is 0. The first-order valence-corrected chi connectivity index (χ1v) is 10.3. The number of likely N-dealkylation sites (tertiary alicyclic amines) is 1. The normalized spacial score (nSPS) is 19.0. The summed E-state index contributed by atoms with van der Waals surface area (Å²) in [6.45, 7) is 9.95. The van der Waals surface area contributed by atoms with E-state index in [4.69, 9.17) is 9.47 Å². The third kappa shape index (κ3) is 4.27. The number of ether oxygens (including phenoxy) is 2. The van der Waals surface area contributed by atoms with Gasteiger partial charge >= 0.3 is 6.09 Å². The van der Waals surface area contributed by atoms with E-state index in [2.05, 4.69) is 9.88 Å². The number of piperidine rings is 1. The number of rotatable bonds is 2. The molecule has 8 nitrogen and oxygen atoms in total. The van der Waals surface area contributed by atoms with E-state index < -0.39 is 5.60 Å². The van der Waals surface area contributed by atoms with E-state index in [1.807, 2.05) is 33.0 Å². The SMILES string of the molecule is CC(C)(C)OC(=O)N1CCC(c2cn(O)c3cc(N4CCOCC4)ncc23)CC1. The average Bonchev–Trinajstić information content (AvgIpc) is 3.03. The van der Waals surface area contributed by atoms with Crippen molar-refractivity contribution in [1.29, 1.82) is 0 Å². The van der Waals surface area contributed by atoms with Crippen molar-refractivity contribution in [2.45, 2.75) is 45.1 Å². The minimum absolute atomic E-state index is 0.252. The second-order valence-corrected chi connectivity index (χ2v) is 8.83. The Morgan fingerprint density at radius 1 is 1.21 bits per heavy atom. The topological polar surface area (TPSA) is 80.1 Å². The molecule has 0 atom stereocenters. The summed E-state index contributed by atoms with van der Waals surface area (Å²) in [6.07, 6.45) is 5.08. The summed E-state index contributed by atoms with van der Waals surface area (Å²) in [5, 5.41) is 11.4. The Morgan fingerprint density at radius 3 is 2.55 bits per heavy atom. The van der Waals surface area contributed by atoms with Gasteiger partial charge in [0.1, 0.15) is 11.4 Å². The number of hydrogen-bond acceptors (Lipinski definition) is 6. The molecule has 4 heterocycles. The monoisotopic (exact) mass is 402 g/mol. The highest BCUT2D eigenvalue weighted by molar-refractivity contribution is 5.85. The number of carbonyl (C=O) groups is 1. The van der Waals surface area contributed by atoms with Crippen molar-refractivity contribution in [3.63, 3.8) is 0 Å². The van der Waals surface area contributed by atoms with E-state index in [9.17, 15) is 10.0 Å². The first-order chi connectivity index (χ1) is 13.8. The van der Waals surface area contributed by atoms with Gasteiger partial charge in [0.15, 0.2) is 0 Å². The molecule has 0 unspecified atom stereocenters. The van der Waals surface area contributed by atoms with Crippen LogP contribution in [0.3, 0.4) is 0 Å². The minimum atomic E-state index is -0.484. The average molecular weight is 402 g/mol. The lowest BCUT2D eigenvalue weighted by molar-refractivity contribution is 0.0205. The molecule has 2 aromatic rings. The lowest BCUT2D eigenvalue weighted by atomic mass is 9.89. The fraction of sp³-hybridized carbons (Fsp3) is 0.619. The molecule has 8 heteroatoms. The first kappa shape index (κ1) is 19.8. The fourth-order valence-electron chi connectivity index (χ4n) is 4.11. The molecule has 2 saturated heterocycles. The second kappa shape index (κ2) is 7.74. The standard InChI is InChI=1S/C21H30N4O4/c1-21(2,3)29-20(26)24-6-4-15(5-7-24)17-14-25(27)18-12-19(22-13-16(17)18)23-8-10-28-11-9-23/h12-15,27H,4-11H2,1-3H3. The molecule has 0 radical (unpaired) electrons. The van der Waals surface area contributed by atoms with Crippen LogP contribution in [0.2, 0.25) is 0 Å². The Bertz CT molecular complexity index is 875. The van der Waals surface area contributed by atoms with Crippen LogP contribution in [-0.2, 0) is 9.47 Å². The number of pyridine rings is 1. The number of hydrogen-bond donors (Lipinski definition) is 1. The Balaban J connectivity index is 1.48. The summed E-state index contributed by atoms with van der Waals surface area (Å²) in [7, 11) is 0. The summed E-state index contributed by atoms with van der Waals surface area (Å²) < 4.78 is 12.1. The van der Waals surface area contributed by atoms with Crippen molar-refractivity contribution >= 4 is 22.8 Å². The van der Waals surface area contributed by atoms with E-state index in [-0.39, 0.29) is 12.0 Å². The van der Waals surface area contributed by atoms with E-state index in [0.717, 1.165) is 48.2 Å². The summed E-state index contributed by atoms with van der Waals surface area (Å²) in [6, 6.07) is 1.94. The molecule has 0 spiro atoms. The van der Waals surface area contributed by atoms with Crippen LogP contribution in [0, 0.1) is 0 Å². The van der Waals surface area contributed by atoms with Gasteiger partial charge in [-0.2, -0.15) is 4.73 Å². The molecule has 2 fully saturated rings. The molecular formula is C21H30N4O4. The van der Waals surface area contributed by atoms with Gasteiger partial charge in [0.25, 0.3) is 0 Å². The molecule has 2 aliphatic rings. The second-order valence-electron chi connectivity index (χ2n) is 8.83. The van der Waals surface area contributed by atoms with Crippen LogP contribution < -0.4 is 4.90 Å². The Kier molecular flexibility index (Phi) is 5.29. The highest BCUT2D eigenvalue weighted by Gasteiger charge is 2.29. The Labute approximate surface area is 171 Å². The zero-order valence-electron chi connectivity index (χ0n) is 17.4. The van der Waals surface area contributed by atoms with Crippen LogP contribution in [0.25, 0.3) is 10.9 Å². The minimum Gasteiger partial charge on any atom is -0.444 e. The molecule has 0 bridgehead atoms. The van der Waals surface area contributed by atoms with E-state index in [1.54, 1.807) is 11.1 Å². The van der Waals surface area contributed by atoms with Crippen LogP contribution in [0.5, 0.6) is 0 Å². The Morgan fingerprint density at radius 2 is 1.90 bits per heavy atom. The summed E-state index contributed by atoms with van der Waals surface area (Å²) in [5.74, 6) is 1.14. The zero-order valence-corrected chi connectivity index (χ0v) is 17.4. The van der Waals surface area contributed by atoms with Crippen LogP contribution in [0.15, 0.2) is 18.5 Å². The molecule has 29 heavy (non-hydrogen) atoms. The van der Waals surface area contributed by atoms with Crippen molar-refractivity contribution in [3.8, 4) is 0 Å². The maximum Gasteiger partial charge on any atom is 0.410 e. The molecule has 2 aromatic heterocycles. The van der Waals surface area contributed by atoms with Crippen molar-refractivity contribution in [2.75, 3.05) is 44.3 Å². The molecule has 4 rings (SSSR count). The maximum atomic E-state index is 12.3. The number of nitrogens with zero attached hydrogens (tertiary/aromatic N) is 4. The van der Waals surface area contributed by atoms with Crippen LogP contribution in [-0.4, -0.2) is 70.9 Å². The van der Waals surface area contributed by atoms with Gasteiger partial charge in [-0.25, -0.2) is 9.78 Å². The number of morpholine rings is 1. The third-order valence-electron chi connectivity index (χ3n) is 5.61. The van der Waals surface area contributed by atoms with Crippen molar-refractivity contribution in [3.05, 3.63) is 24.0 Å². The molecule has 158 valence electrons. The zero-order chi connectivity index (χ0) is 20.6. The molecule has 1 amide bonds. The highest BCUT2D eigenvalue weighted by atomic mass is 16.6. The van der Waals surface area contributed by atoms with E-state index in [1.165, 1.54) is 4.73 Å². The molecular weight excluding hydrogens is 372 g/mol. The van der Waals surface area contributed by atoms with Gasteiger partial charge in [-0.3, -0.25) is 0 Å². The first-order valence-electron chi connectivity index (χ1n) is 10.3. The number of anilines is 1. The van der Waals surface area contributed by atoms with Gasteiger partial charge in [0.2, 0.25) is 0 Å². The van der Waals surface area contributed by atoms with Crippen LogP contribution in [0.4, 0.5) is 10.6 Å². The number of fused-ring (bicyclic) bond motifs is 1. The summed E-state index contributed by atoms with van der Waals surface area (Å²) in [4.78, 5) is 20.9. The molecule has 0 aliphatic carbocycles. The van der Waals surface area contributed by atoms with Crippen LogP contribution >= 0.6 is 0 Å². The number of aromatic nitrogens is 2. The highest BCUT2D eigenvalue weighted by Crippen LogP contribution is 2.35. The van der Waals surface area contributed by atoms with Gasteiger partial charge in [0.05, 0.1) is 18.7 Å². The predicted molar refractivity (Wildman–Crippen MR) is 110 cm³/mol. The van der Waals surface area contributed by atoms with Crippen molar-refractivity contribution in [2.24, 2.45) is 0 Å². The lowest BCUT2D eigenvalue weighted by Crippen LogP contribution is -2.41. The van der Waals surface area contributed by atoms with Gasteiger partial charge in [-0.1, -0.05) is 0 Å². The molecule has 2 aliphatic heterocycles. The van der Waals surface area contributed by atoms with E-state index >= 15 is 0 Å². The van der Waals surface area contributed by atoms with Gasteiger partial charge in [-0.05, 0) is 45.1 Å². The van der Waals surface area contributed by atoms with Crippen molar-refractivity contribution < 1.29 is 19.5 Å². The lowest BCUT2D eigenvalue weighted by Gasteiger charge is -2.33. The third-order valence-corrected chi connectivity index (χ3v) is 5.61. The summed E-state index contributed by atoms with van der Waals surface area (Å²) in [5.41, 5.74) is 1.38. The van der Waals surface area contributed by atoms with Gasteiger partial charge < -0.3 is 24.5 Å². The molecule has 1 N–H and O–H groups in total. The predicted octanol–water partition coefficient (Wildman–Crippen LogP) is 3.22. The molecule has 0 saturated carbocycles. The quantitative estimate of drug-likeness (QED) is 0.777. The van der Waals surface area contributed by atoms with Gasteiger partial charge in [0, 0.05) is 50.0 Å². The number of amides is 1. The van der Waals surface area contributed by atoms with Crippen LogP contribution in [0.1, 0.15) is 45.1 Å².